The first kappa shape index (κ1) is 9.02. The van der Waals surface area contributed by atoms with E-state index in [1.54, 1.807) is 0 Å². The van der Waals surface area contributed by atoms with Crippen molar-refractivity contribution in [2.24, 2.45) is 16.8 Å². The molecule has 0 aromatic heterocycles. The molecule has 64 valence electrons. The Bertz CT molecular complexity index is 297. The second-order valence-corrected chi connectivity index (χ2v) is 2.96. The van der Waals surface area contributed by atoms with Gasteiger partial charge in [0.25, 0.3) is 0 Å². The van der Waals surface area contributed by atoms with Gasteiger partial charge < -0.3 is 11.3 Å². The quantitative estimate of drug-likeness (QED) is 0.284. The summed E-state index contributed by atoms with van der Waals surface area (Å²) < 4.78 is 0.896. The van der Waals surface area contributed by atoms with E-state index in [4.69, 9.17) is 11.7 Å². The predicted octanol–water partition coefficient (Wildman–Crippen LogP) is 0.533. The molecule has 0 unspecified atom stereocenters. The zero-order chi connectivity index (χ0) is 8.97. The summed E-state index contributed by atoms with van der Waals surface area (Å²) in [5.41, 5.74) is 3.24. The van der Waals surface area contributed by atoms with E-state index in [1.165, 1.54) is 0 Å². The number of hydrazine groups is 1. The van der Waals surface area contributed by atoms with Crippen LogP contribution in [0.1, 0.15) is 5.56 Å². The zero-order valence-electron chi connectivity index (χ0n) is 6.29. The van der Waals surface area contributed by atoms with Crippen molar-refractivity contribution >= 4 is 21.8 Å². The molecule has 0 saturated heterocycles. The topological polar surface area (TPSA) is 76.4 Å². The van der Waals surface area contributed by atoms with Crippen LogP contribution in [0.15, 0.2) is 33.8 Å². The molecule has 0 spiro atoms. The van der Waals surface area contributed by atoms with Crippen LogP contribution in [0.5, 0.6) is 0 Å². The first-order valence-electron chi connectivity index (χ1n) is 3.29. The Kier molecular flexibility index (Phi) is 3.07. The highest BCUT2D eigenvalue weighted by atomic mass is 79.9. The van der Waals surface area contributed by atoms with Gasteiger partial charge in [-0.2, -0.15) is 5.10 Å². The van der Waals surface area contributed by atoms with Crippen LogP contribution in [0.25, 0.3) is 0 Å². The third-order valence-electron chi connectivity index (χ3n) is 1.39. The number of rotatable bonds is 1. The minimum atomic E-state index is 0.447. The van der Waals surface area contributed by atoms with E-state index >= 15 is 0 Å². The number of hydrogen-bond acceptors (Lipinski definition) is 3. The number of hydrazone groups is 1. The highest BCUT2D eigenvalue weighted by Gasteiger charge is 2.03. The van der Waals surface area contributed by atoms with Gasteiger partial charge in [-0.1, -0.05) is 34.1 Å². The number of amidine groups is 1. The standard InChI is InChI=1S/C7H9BrN4/c8-6-4-2-1-3-5(6)7(11-9)12-10/h1-4H,9-10H2,(H,11,12). The Morgan fingerprint density at radius 2 is 2.08 bits per heavy atom. The molecule has 12 heavy (non-hydrogen) atoms. The van der Waals surface area contributed by atoms with Crippen molar-refractivity contribution in [3.05, 3.63) is 34.3 Å². The van der Waals surface area contributed by atoms with E-state index < -0.39 is 0 Å². The van der Waals surface area contributed by atoms with Crippen molar-refractivity contribution in [1.29, 1.82) is 0 Å². The minimum Gasteiger partial charge on any atom is -0.321 e. The number of nitrogens with zero attached hydrogens (tertiary/aromatic N) is 1. The van der Waals surface area contributed by atoms with Crippen LogP contribution in [-0.2, 0) is 0 Å². The lowest BCUT2D eigenvalue weighted by atomic mass is 10.2. The van der Waals surface area contributed by atoms with E-state index in [1.807, 2.05) is 24.3 Å². The van der Waals surface area contributed by atoms with Gasteiger partial charge in [-0.25, -0.2) is 5.84 Å². The van der Waals surface area contributed by atoms with Gasteiger partial charge in [0.2, 0.25) is 0 Å². The molecule has 1 rings (SSSR count). The van der Waals surface area contributed by atoms with Gasteiger partial charge in [0.15, 0.2) is 5.84 Å². The van der Waals surface area contributed by atoms with Crippen LogP contribution in [-0.4, -0.2) is 5.84 Å². The lowest BCUT2D eigenvalue weighted by molar-refractivity contribution is 1.00. The molecule has 0 aliphatic heterocycles. The maximum Gasteiger partial charge on any atom is 0.167 e. The van der Waals surface area contributed by atoms with E-state index in [0.717, 1.165) is 10.0 Å². The number of benzene rings is 1. The predicted molar refractivity (Wildman–Crippen MR) is 52.2 cm³/mol. The first-order chi connectivity index (χ1) is 5.79. The zero-order valence-corrected chi connectivity index (χ0v) is 7.88. The first-order valence-corrected chi connectivity index (χ1v) is 4.08. The van der Waals surface area contributed by atoms with Gasteiger partial charge in [-0.15, -0.1) is 0 Å². The average Bonchev–Trinajstić information content (AvgIpc) is 2.10. The molecular weight excluding hydrogens is 220 g/mol. The molecule has 0 atom stereocenters. The van der Waals surface area contributed by atoms with E-state index in [-0.39, 0.29) is 0 Å². The molecule has 0 heterocycles. The molecule has 0 radical (unpaired) electrons. The highest BCUT2D eigenvalue weighted by Crippen LogP contribution is 2.15. The van der Waals surface area contributed by atoms with E-state index in [0.29, 0.717) is 5.84 Å². The summed E-state index contributed by atoms with van der Waals surface area (Å²) in [5, 5.41) is 3.49. The summed E-state index contributed by atoms with van der Waals surface area (Å²) >= 11 is 3.35. The summed E-state index contributed by atoms with van der Waals surface area (Å²) in [7, 11) is 0. The van der Waals surface area contributed by atoms with Gasteiger partial charge in [-0.3, -0.25) is 0 Å². The fourth-order valence-corrected chi connectivity index (χ4v) is 1.31. The Labute approximate surface area is 78.7 Å². The second kappa shape index (κ2) is 4.08. The average molecular weight is 229 g/mol. The lowest BCUT2D eigenvalue weighted by Crippen LogP contribution is -2.32. The molecule has 0 bridgehead atoms. The number of nitrogens with one attached hydrogen (secondary N) is 1. The van der Waals surface area contributed by atoms with Gasteiger partial charge in [-0.05, 0) is 6.07 Å². The lowest BCUT2D eigenvalue weighted by Gasteiger charge is -2.05. The van der Waals surface area contributed by atoms with E-state index in [2.05, 4.69) is 26.5 Å². The summed E-state index contributed by atoms with van der Waals surface area (Å²) in [6.45, 7) is 0. The Balaban J connectivity index is 3.10. The third kappa shape index (κ3) is 1.75. The summed E-state index contributed by atoms with van der Waals surface area (Å²) in [6.07, 6.45) is 0. The summed E-state index contributed by atoms with van der Waals surface area (Å²) in [6, 6.07) is 7.52. The fourth-order valence-electron chi connectivity index (χ4n) is 0.838. The van der Waals surface area contributed by atoms with Crippen LogP contribution in [0.2, 0.25) is 0 Å². The molecule has 5 heteroatoms. The number of halogens is 1. The Morgan fingerprint density at radius 3 is 2.58 bits per heavy atom. The molecule has 0 fully saturated rings. The van der Waals surface area contributed by atoms with Crippen molar-refractivity contribution in [3.63, 3.8) is 0 Å². The van der Waals surface area contributed by atoms with Crippen molar-refractivity contribution in [1.82, 2.24) is 5.43 Å². The Morgan fingerprint density at radius 1 is 1.42 bits per heavy atom. The highest BCUT2D eigenvalue weighted by molar-refractivity contribution is 9.10. The van der Waals surface area contributed by atoms with Gasteiger partial charge in [0, 0.05) is 10.0 Å². The largest absolute Gasteiger partial charge is 0.321 e. The van der Waals surface area contributed by atoms with Gasteiger partial charge >= 0.3 is 0 Å². The molecular formula is C7H9BrN4. The molecule has 0 aliphatic rings. The van der Waals surface area contributed by atoms with Crippen LogP contribution in [0.3, 0.4) is 0 Å². The van der Waals surface area contributed by atoms with Crippen LogP contribution in [0, 0.1) is 0 Å². The molecule has 4 nitrogen and oxygen atoms in total. The Hall–Kier alpha value is -1.07. The SMILES string of the molecule is N/N=C(\NN)c1ccccc1Br. The molecule has 0 saturated carbocycles. The van der Waals surface area contributed by atoms with Gasteiger partial charge in [0.1, 0.15) is 0 Å². The van der Waals surface area contributed by atoms with Crippen LogP contribution in [0.4, 0.5) is 0 Å². The minimum absolute atomic E-state index is 0.447. The molecule has 1 aromatic carbocycles. The molecule has 5 N–H and O–H groups in total. The molecule has 1 aromatic rings. The normalized spacial score (nSPS) is 11.3. The van der Waals surface area contributed by atoms with E-state index in [9.17, 15) is 0 Å². The summed E-state index contributed by atoms with van der Waals surface area (Å²) in [4.78, 5) is 0. The maximum absolute atomic E-state index is 5.20. The fraction of sp³-hybridized carbons (Fsp3) is 0. The number of nitrogens with two attached hydrogens (primary N) is 2. The smallest absolute Gasteiger partial charge is 0.167 e. The molecule has 0 aliphatic carbocycles. The van der Waals surface area contributed by atoms with Crippen molar-refractivity contribution in [2.45, 2.75) is 0 Å². The number of hydrogen-bond donors (Lipinski definition) is 3. The monoisotopic (exact) mass is 228 g/mol. The third-order valence-corrected chi connectivity index (χ3v) is 2.09. The van der Waals surface area contributed by atoms with Crippen LogP contribution < -0.4 is 17.1 Å². The maximum atomic E-state index is 5.20. The second-order valence-electron chi connectivity index (χ2n) is 2.10. The van der Waals surface area contributed by atoms with Crippen molar-refractivity contribution < 1.29 is 0 Å². The van der Waals surface area contributed by atoms with Crippen LogP contribution >= 0.6 is 15.9 Å². The van der Waals surface area contributed by atoms with Crippen molar-refractivity contribution in [3.8, 4) is 0 Å². The molecule has 0 amide bonds. The van der Waals surface area contributed by atoms with Gasteiger partial charge in [0.05, 0.1) is 0 Å². The van der Waals surface area contributed by atoms with Crippen molar-refractivity contribution in [2.75, 3.05) is 0 Å². The summed E-state index contributed by atoms with van der Waals surface area (Å²) in [5.74, 6) is 10.8.